The van der Waals surface area contributed by atoms with Crippen molar-refractivity contribution in [3.8, 4) is 0 Å². The molecule has 1 unspecified atom stereocenters. The summed E-state index contributed by atoms with van der Waals surface area (Å²) in [6.45, 7) is 9.90. The first-order chi connectivity index (χ1) is 18.0. The van der Waals surface area contributed by atoms with Crippen LogP contribution < -0.4 is 45.5 Å². The van der Waals surface area contributed by atoms with Gasteiger partial charge in [0, 0.05) is 38.4 Å². The summed E-state index contributed by atoms with van der Waals surface area (Å²) in [5, 5.41) is 17.5. The topological polar surface area (TPSA) is 203 Å². The van der Waals surface area contributed by atoms with Crippen LogP contribution in [0.15, 0.2) is 0 Å². The van der Waals surface area contributed by atoms with Crippen molar-refractivity contribution in [1.82, 2.24) is 20.9 Å². The van der Waals surface area contributed by atoms with Crippen LogP contribution in [0.1, 0.15) is 66.7 Å². The van der Waals surface area contributed by atoms with Crippen molar-refractivity contribution in [3.05, 3.63) is 0 Å². The van der Waals surface area contributed by atoms with E-state index in [0.29, 0.717) is 38.9 Å². The maximum absolute atomic E-state index is 13.1. The van der Waals surface area contributed by atoms with Crippen LogP contribution in [0.5, 0.6) is 0 Å². The van der Waals surface area contributed by atoms with Crippen molar-refractivity contribution in [2.45, 2.75) is 95.9 Å². The third kappa shape index (κ3) is 12.1. The standard InChI is InChI=1S/C24H42N4O10S.Na/c1-14(2)12-17(20(30)26-18(21(31)39(34,35)36)13-15-6-9-25-19(15)29)27-22(32)37-16-7-10-28(11-8-16)23(33)38-24(3,4)5;/h14-18,21,31H,6-13H2,1-5H3,(H,25,29)(H,26,30)(H,27,32)(H,34,35,36);/q;+1/p-1/t15-,17-,18-,21?;/m0./s1. The fourth-order valence-corrected chi connectivity index (χ4v) is 5.00. The Balaban J connectivity index is 0.00000800. The number of aliphatic hydroxyl groups excluding tert-OH is 1. The van der Waals surface area contributed by atoms with Gasteiger partial charge in [-0.05, 0) is 46.0 Å². The fourth-order valence-electron chi connectivity index (χ4n) is 4.42. The molecule has 2 aliphatic heterocycles. The number of alkyl carbamates (subject to hydrolysis) is 1. The summed E-state index contributed by atoms with van der Waals surface area (Å²) >= 11 is 0. The second kappa shape index (κ2) is 15.5. The summed E-state index contributed by atoms with van der Waals surface area (Å²) in [6, 6.07) is -2.72. The molecule has 16 heteroatoms. The van der Waals surface area contributed by atoms with Crippen LogP contribution in [-0.2, 0) is 29.2 Å². The van der Waals surface area contributed by atoms with Crippen LogP contribution in [0, 0.1) is 11.8 Å². The zero-order chi connectivity index (χ0) is 29.5. The summed E-state index contributed by atoms with van der Waals surface area (Å²) in [5.74, 6) is -1.97. The molecule has 2 rings (SSSR count). The normalized spacial score (nSPS) is 20.6. The molecule has 4 atom stereocenters. The molecule has 0 bridgehead atoms. The quantitative estimate of drug-likeness (QED) is 0.152. The predicted octanol–water partition coefficient (Wildman–Crippen LogP) is -2.59. The number of hydrogen-bond acceptors (Lipinski definition) is 10. The largest absolute Gasteiger partial charge is 1.00 e. The van der Waals surface area contributed by atoms with Gasteiger partial charge < -0.3 is 40.0 Å². The molecule has 0 saturated carbocycles. The van der Waals surface area contributed by atoms with E-state index >= 15 is 0 Å². The van der Waals surface area contributed by atoms with E-state index in [4.69, 9.17) is 9.47 Å². The van der Waals surface area contributed by atoms with E-state index in [9.17, 15) is 37.3 Å². The summed E-state index contributed by atoms with van der Waals surface area (Å²) in [6.07, 6.45) is -0.874. The first-order valence-corrected chi connectivity index (χ1v) is 14.6. The molecule has 0 aliphatic carbocycles. The molecule has 40 heavy (non-hydrogen) atoms. The number of likely N-dealkylation sites (tertiary alicyclic amines) is 1. The third-order valence-electron chi connectivity index (χ3n) is 6.35. The third-order valence-corrected chi connectivity index (χ3v) is 7.27. The molecule has 224 valence electrons. The predicted molar refractivity (Wildman–Crippen MR) is 137 cm³/mol. The monoisotopic (exact) mass is 600 g/mol. The molecule has 2 saturated heterocycles. The second-order valence-electron chi connectivity index (χ2n) is 11.4. The fraction of sp³-hybridized carbons (Fsp3) is 0.833. The second-order valence-corrected chi connectivity index (χ2v) is 12.9. The molecule has 14 nitrogen and oxygen atoms in total. The molecular weight excluding hydrogens is 559 g/mol. The number of piperidine rings is 1. The van der Waals surface area contributed by atoms with Gasteiger partial charge in [0.05, 0.1) is 6.04 Å². The summed E-state index contributed by atoms with van der Waals surface area (Å²) in [4.78, 5) is 51.5. The Morgan fingerprint density at radius 3 is 2.23 bits per heavy atom. The van der Waals surface area contributed by atoms with Gasteiger partial charge in [0.2, 0.25) is 11.8 Å². The van der Waals surface area contributed by atoms with E-state index in [2.05, 4.69) is 16.0 Å². The number of amides is 4. The van der Waals surface area contributed by atoms with Crippen LogP contribution in [0.3, 0.4) is 0 Å². The van der Waals surface area contributed by atoms with Crippen molar-refractivity contribution in [1.29, 1.82) is 0 Å². The Hall–Kier alpha value is -1.65. The SMILES string of the molecule is CC(C)C[C@H](NC(=O)OC1CCN(C(=O)OC(C)(C)C)CC1)C(=O)N[C@@H](C[C@@H]1CCNC1=O)C(O)S(=O)(=O)[O-].[Na+]. The van der Waals surface area contributed by atoms with Gasteiger partial charge >= 0.3 is 41.7 Å². The first kappa shape index (κ1) is 36.4. The molecule has 2 heterocycles. The number of carbonyl (C=O) groups is 4. The number of rotatable bonds is 10. The van der Waals surface area contributed by atoms with E-state index < -0.39 is 63.4 Å². The number of nitrogens with zero attached hydrogens (tertiary/aromatic N) is 1. The molecule has 4 amide bonds. The van der Waals surface area contributed by atoms with Gasteiger partial charge in [-0.15, -0.1) is 0 Å². The number of hydrogen-bond donors (Lipinski definition) is 4. The molecular formula is C24H41N4NaO10S. The van der Waals surface area contributed by atoms with Gasteiger partial charge in [0.25, 0.3) is 0 Å². The maximum atomic E-state index is 13.1. The molecule has 0 radical (unpaired) electrons. The molecule has 2 fully saturated rings. The van der Waals surface area contributed by atoms with E-state index in [0.717, 1.165) is 0 Å². The smallest absolute Gasteiger partial charge is 0.746 e. The van der Waals surface area contributed by atoms with Crippen LogP contribution in [-0.4, -0.2) is 95.8 Å². The van der Waals surface area contributed by atoms with Crippen LogP contribution in [0.4, 0.5) is 9.59 Å². The Morgan fingerprint density at radius 2 is 1.75 bits per heavy atom. The molecule has 0 aromatic carbocycles. The first-order valence-electron chi connectivity index (χ1n) is 13.1. The molecule has 0 spiro atoms. The van der Waals surface area contributed by atoms with Gasteiger partial charge in [-0.2, -0.15) is 0 Å². The van der Waals surface area contributed by atoms with E-state index in [1.165, 1.54) is 4.90 Å². The summed E-state index contributed by atoms with van der Waals surface area (Å²) < 4.78 is 45.3. The number of aliphatic hydroxyl groups is 1. The van der Waals surface area contributed by atoms with Gasteiger partial charge in [-0.25, -0.2) is 18.0 Å². The maximum Gasteiger partial charge on any atom is 1.00 e. The zero-order valence-corrected chi connectivity index (χ0v) is 26.9. The average molecular weight is 601 g/mol. The van der Waals surface area contributed by atoms with Gasteiger partial charge in [0.1, 0.15) is 27.9 Å². The van der Waals surface area contributed by atoms with E-state index in [1.54, 1.807) is 34.6 Å². The van der Waals surface area contributed by atoms with E-state index in [-0.39, 0.29) is 54.2 Å². The minimum absolute atomic E-state index is 0. The minimum Gasteiger partial charge on any atom is -0.746 e. The number of ether oxygens (including phenoxy) is 2. The number of nitrogens with one attached hydrogen (secondary N) is 3. The Bertz CT molecular complexity index is 996. The van der Waals surface area contributed by atoms with Gasteiger partial charge in [-0.1, -0.05) is 13.8 Å². The molecule has 0 aromatic rings. The molecule has 2 aliphatic rings. The summed E-state index contributed by atoms with van der Waals surface area (Å²) in [5.41, 5.74) is -3.11. The Kier molecular flexibility index (Phi) is 14.1. The van der Waals surface area contributed by atoms with Gasteiger partial charge in [0.15, 0.2) is 5.44 Å². The van der Waals surface area contributed by atoms with Crippen molar-refractivity contribution >= 4 is 34.1 Å². The van der Waals surface area contributed by atoms with Crippen molar-refractivity contribution < 1.29 is 76.3 Å². The van der Waals surface area contributed by atoms with Crippen molar-refractivity contribution in [3.63, 3.8) is 0 Å². The molecule has 4 N–H and O–H groups in total. The minimum atomic E-state index is -5.21. The Morgan fingerprint density at radius 1 is 1.15 bits per heavy atom. The van der Waals surface area contributed by atoms with Crippen molar-refractivity contribution in [2.24, 2.45) is 11.8 Å². The van der Waals surface area contributed by atoms with Gasteiger partial charge in [-0.3, -0.25) is 9.59 Å². The van der Waals surface area contributed by atoms with Crippen LogP contribution >= 0.6 is 0 Å². The number of carbonyl (C=O) groups excluding carboxylic acids is 4. The van der Waals surface area contributed by atoms with Crippen LogP contribution in [0.25, 0.3) is 0 Å². The van der Waals surface area contributed by atoms with E-state index in [1.807, 2.05) is 0 Å². The average Bonchev–Trinajstić information content (AvgIpc) is 3.20. The summed E-state index contributed by atoms with van der Waals surface area (Å²) in [7, 11) is -5.21. The molecule has 0 aromatic heterocycles. The zero-order valence-electron chi connectivity index (χ0n) is 24.1. The Labute approximate surface area is 257 Å². The van der Waals surface area contributed by atoms with Crippen LogP contribution in [0.2, 0.25) is 0 Å². The van der Waals surface area contributed by atoms with Crippen molar-refractivity contribution in [2.75, 3.05) is 19.6 Å².